The highest BCUT2D eigenvalue weighted by atomic mass is 16.5. The Hall–Kier alpha value is -1.88. The van der Waals surface area contributed by atoms with Gasteiger partial charge in [0.1, 0.15) is 0 Å². The SMILES string of the molecule is CCOC(=O)c1ccc(NC(=O)C[NH2+]C23CC4CC(CC(C4)C2)C3)cc1. The van der Waals surface area contributed by atoms with Crippen molar-refractivity contribution in [2.75, 3.05) is 18.5 Å². The maximum absolute atomic E-state index is 12.4. The van der Waals surface area contributed by atoms with Crippen LogP contribution in [0.5, 0.6) is 0 Å². The molecule has 5 heteroatoms. The molecule has 0 saturated heterocycles. The van der Waals surface area contributed by atoms with E-state index >= 15 is 0 Å². The van der Waals surface area contributed by atoms with Gasteiger partial charge in [-0.2, -0.15) is 0 Å². The third kappa shape index (κ3) is 3.63. The first kappa shape index (κ1) is 17.5. The first-order valence-corrected chi connectivity index (χ1v) is 9.96. The molecular weight excluding hydrogens is 328 g/mol. The van der Waals surface area contributed by atoms with E-state index in [1.807, 2.05) is 0 Å². The summed E-state index contributed by atoms with van der Waals surface area (Å²) in [5, 5.41) is 5.27. The number of carbonyl (C=O) groups excluding carboxylic acids is 2. The fraction of sp³-hybridized carbons (Fsp3) is 0.619. The summed E-state index contributed by atoms with van der Waals surface area (Å²) in [4.78, 5) is 24.1. The highest BCUT2D eigenvalue weighted by Crippen LogP contribution is 2.54. The summed E-state index contributed by atoms with van der Waals surface area (Å²) in [5.74, 6) is 2.40. The zero-order valence-corrected chi connectivity index (χ0v) is 15.5. The van der Waals surface area contributed by atoms with Crippen molar-refractivity contribution >= 4 is 17.6 Å². The zero-order valence-electron chi connectivity index (χ0n) is 15.5. The van der Waals surface area contributed by atoms with E-state index in [-0.39, 0.29) is 11.9 Å². The molecule has 0 spiro atoms. The van der Waals surface area contributed by atoms with Gasteiger partial charge in [0.2, 0.25) is 0 Å². The monoisotopic (exact) mass is 357 g/mol. The predicted molar refractivity (Wildman–Crippen MR) is 98.7 cm³/mol. The van der Waals surface area contributed by atoms with Crippen LogP contribution < -0.4 is 10.6 Å². The molecule has 0 atom stereocenters. The molecule has 4 aliphatic carbocycles. The number of quaternary nitrogens is 1. The van der Waals surface area contributed by atoms with Crippen LogP contribution in [0, 0.1) is 17.8 Å². The van der Waals surface area contributed by atoms with Gasteiger partial charge in [-0.3, -0.25) is 4.79 Å². The molecule has 26 heavy (non-hydrogen) atoms. The van der Waals surface area contributed by atoms with Crippen LogP contribution >= 0.6 is 0 Å². The van der Waals surface area contributed by atoms with Crippen molar-refractivity contribution in [1.29, 1.82) is 0 Å². The lowest BCUT2D eigenvalue weighted by atomic mass is 9.53. The summed E-state index contributed by atoms with van der Waals surface area (Å²) in [7, 11) is 0. The van der Waals surface area contributed by atoms with Crippen molar-refractivity contribution < 1.29 is 19.6 Å². The van der Waals surface area contributed by atoms with E-state index in [0.717, 1.165) is 23.4 Å². The molecular formula is C21H29N2O3+. The van der Waals surface area contributed by atoms with Crippen LogP contribution in [-0.2, 0) is 9.53 Å². The van der Waals surface area contributed by atoms with Gasteiger partial charge in [0.15, 0.2) is 6.54 Å². The molecule has 4 saturated carbocycles. The van der Waals surface area contributed by atoms with Gasteiger partial charge in [0.05, 0.1) is 17.7 Å². The average Bonchev–Trinajstić information content (AvgIpc) is 2.60. The lowest BCUT2D eigenvalue weighted by Gasteiger charge is -2.54. The van der Waals surface area contributed by atoms with Crippen LogP contribution in [-0.4, -0.2) is 30.6 Å². The van der Waals surface area contributed by atoms with Crippen LogP contribution in [0.25, 0.3) is 0 Å². The molecule has 5 nitrogen and oxygen atoms in total. The number of ether oxygens (including phenoxy) is 1. The number of hydrogen-bond donors (Lipinski definition) is 2. The summed E-state index contributed by atoms with van der Waals surface area (Å²) in [6, 6.07) is 6.90. The first-order chi connectivity index (χ1) is 12.5. The van der Waals surface area contributed by atoms with E-state index in [0.29, 0.717) is 24.3 Å². The number of rotatable bonds is 6. The average molecular weight is 357 g/mol. The second kappa shape index (κ2) is 7.03. The van der Waals surface area contributed by atoms with E-state index in [2.05, 4.69) is 10.6 Å². The fourth-order valence-corrected chi connectivity index (χ4v) is 5.85. The van der Waals surface area contributed by atoms with Gasteiger partial charge in [0, 0.05) is 24.9 Å². The Kier molecular flexibility index (Phi) is 4.74. The molecule has 0 aromatic heterocycles. The van der Waals surface area contributed by atoms with Gasteiger partial charge in [0.25, 0.3) is 5.91 Å². The molecule has 0 radical (unpaired) electrons. The Morgan fingerprint density at radius 2 is 1.65 bits per heavy atom. The van der Waals surface area contributed by atoms with Crippen molar-refractivity contribution in [3.05, 3.63) is 29.8 Å². The van der Waals surface area contributed by atoms with Crippen LogP contribution in [0.1, 0.15) is 55.8 Å². The lowest BCUT2D eigenvalue weighted by molar-refractivity contribution is -0.729. The standard InChI is InChI=1S/C21H28N2O3/c1-2-26-20(25)17-3-5-18(6-4-17)23-19(24)13-22-21-10-14-7-15(11-21)9-16(8-14)12-21/h3-6,14-16,22H,2,7-13H2,1H3,(H,23,24)/p+1. The van der Waals surface area contributed by atoms with E-state index in [9.17, 15) is 9.59 Å². The fourth-order valence-electron chi connectivity index (χ4n) is 5.85. The molecule has 3 N–H and O–H groups in total. The van der Waals surface area contributed by atoms with Crippen molar-refractivity contribution in [3.63, 3.8) is 0 Å². The Labute approximate surface area is 154 Å². The highest BCUT2D eigenvalue weighted by Gasteiger charge is 2.53. The summed E-state index contributed by atoms with van der Waals surface area (Å²) in [6.07, 6.45) is 8.14. The second-order valence-corrected chi connectivity index (χ2v) is 8.53. The maximum Gasteiger partial charge on any atom is 0.338 e. The lowest BCUT2D eigenvalue weighted by Crippen LogP contribution is -3.00. The minimum Gasteiger partial charge on any atom is -0.462 e. The van der Waals surface area contributed by atoms with Gasteiger partial charge in [-0.05, 0) is 68.2 Å². The van der Waals surface area contributed by atoms with Crippen LogP contribution in [0.3, 0.4) is 0 Å². The van der Waals surface area contributed by atoms with Gasteiger partial charge in [-0.1, -0.05) is 0 Å². The molecule has 5 rings (SSSR count). The summed E-state index contributed by atoms with van der Waals surface area (Å²) in [6.45, 7) is 2.62. The van der Waals surface area contributed by atoms with Crippen LogP contribution in [0.2, 0.25) is 0 Å². The minimum absolute atomic E-state index is 0.0321. The van der Waals surface area contributed by atoms with E-state index < -0.39 is 0 Å². The third-order valence-corrected chi connectivity index (χ3v) is 6.49. The quantitative estimate of drug-likeness (QED) is 0.768. The Morgan fingerprint density at radius 1 is 1.08 bits per heavy atom. The van der Waals surface area contributed by atoms with Crippen LogP contribution in [0.15, 0.2) is 24.3 Å². The molecule has 0 aliphatic heterocycles. The maximum atomic E-state index is 12.4. The number of nitrogens with one attached hydrogen (secondary N) is 1. The number of amides is 1. The van der Waals surface area contributed by atoms with E-state index in [1.165, 1.54) is 38.5 Å². The molecule has 4 bridgehead atoms. The first-order valence-electron chi connectivity index (χ1n) is 9.96. The van der Waals surface area contributed by atoms with Gasteiger partial charge < -0.3 is 15.4 Å². The summed E-state index contributed by atoms with van der Waals surface area (Å²) < 4.78 is 4.97. The number of nitrogens with two attached hydrogens (primary N) is 1. The zero-order chi connectivity index (χ0) is 18.1. The number of benzene rings is 1. The number of carbonyl (C=O) groups is 2. The molecule has 1 aromatic rings. The predicted octanol–water partition coefficient (Wildman–Crippen LogP) is 2.33. The third-order valence-electron chi connectivity index (χ3n) is 6.49. The minimum atomic E-state index is -0.333. The summed E-state index contributed by atoms with van der Waals surface area (Å²) >= 11 is 0. The number of anilines is 1. The highest BCUT2D eigenvalue weighted by molar-refractivity contribution is 5.93. The number of hydrogen-bond acceptors (Lipinski definition) is 3. The van der Waals surface area contributed by atoms with Crippen molar-refractivity contribution in [3.8, 4) is 0 Å². The van der Waals surface area contributed by atoms with Crippen molar-refractivity contribution in [1.82, 2.24) is 0 Å². The molecule has 0 heterocycles. The number of esters is 1. The molecule has 4 fully saturated rings. The normalized spacial score (nSPS) is 31.7. The molecule has 4 aliphatic rings. The van der Waals surface area contributed by atoms with E-state index in [1.54, 1.807) is 31.2 Å². The largest absolute Gasteiger partial charge is 0.462 e. The summed E-state index contributed by atoms with van der Waals surface area (Å²) in [5.41, 5.74) is 1.55. The van der Waals surface area contributed by atoms with Crippen molar-refractivity contribution in [2.24, 2.45) is 17.8 Å². The molecule has 140 valence electrons. The van der Waals surface area contributed by atoms with E-state index in [4.69, 9.17) is 4.74 Å². The van der Waals surface area contributed by atoms with Gasteiger partial charge in [-0.15, -0.1) is 0 Å². The molecule has 1 aromatic carbocycles. The Morgan fingerprint density at radius 3 is 2.19 bits per heavy atom. The Balaban J connectivity index is 1.30. The topological polar surface area (TPSA) is 72.0 Å². The Bertz CT molecular complexity index is 648. The van der Waals surface area contributed by atoms with Gasteiger partial charge in [-0.25, -0.2) is 4.79 Å². The second-order valence-electron chi connectivity index (χ2n) is 8.53. The molecule has 1 amide bonds. The van der Waals surface area contributed by atoms with Crippen molar-refractivity contribution in [2.45, 2.75) is 51.0 Å². The van der Waals surface area contributed by atoms with Crippen LogP contribution in [0.4, 0.5) is 5.69 Å². The smallest absolute Gasteiger partial charge is 0.338 e. The molecule has 0 unspecified atom stereocenters. The van der Waals surface area contributed by atoms with Gasteiger partial charge >= 0.3 is 5.97 Å².